The minimum Gasteiger partial charge on any atom is -0.486 e. The fraction of sp³-hybridized carbons (Fsp3) is 0.393. The molecule has 1 atom stereocenters. The van der Waals surface area contributed by atoms with Crippen LogP contribution in [-0.2, 0) is 17.8 Å². The quantitative estimate of drug-likeness (QED) is 0.468. The molecule has 1 saturated carbocycles. The smallest absolute Gasteiger partial charge is 0.273 e. The summed E-state index contributed by atoms with van der Waals surface area (Å²) in [7, 11) is 1.77. The van der Waals surface area contributed by atoms with E-state index in [0.29, 0.717) is 18.8 Å². The highest BCUT2D eigenvalue weighted by atomic mass is 32.1. The number of carbonyl (C=O) groups excluding carboxylic acids is 2. The molecule has 5 rings (SSSR count). The highest BCUT2D eigenvalue weighted by Gasteiger charge is 2.39. The van der Waals surface area contributed by atoms with E-state index in [1.165, 1.54) is 22.5 Å². The molecule has 6 nitrogen and oxygen atoms in total. The van der Waals surface area contributed by atoms with Gasteiger partial charge in [-0.3, -0.25) is 9.59 Å². The molecule has 1 aliphatic carbocycles. The number of hydrogen-bond donors (Lipinski definition) is 0. The van der Waals surface area contributed by atoms with E-state index in [2.05, 4.69) is 53.2 Å². The van der Waals surface area contributed by atoms with E-state index in [0.717, 1.165) is 47.7 Å². The second kappa shape index (κ2) is 9.82. The van der Waals surface area contributed by atoms with Crippen molar-refractivity contribution in [2.75, 3.05) is 20.1 Å². The number of thiazole rings is 1. The van der Waals surface area contributed by atoms with Crippen LogP contribution in [0.5, 0.6) is 5.75 Å². The molecule has 2 heterocycles. The van der Waals surface area contributed by atoms with Crippen molar-refractivity contribution in [1.29, 1.82) is 0 Å². The maximum absolute atomic E-state index is 13.2. The van der Waals surface area contributed by atoms with E-state index in [-0.39, 0.29) is 23.8 Å². The molecule has 0 N–H and O–H groups in total. The summed E-state index contributed by atoms with van der Waals surface area (Å²) in [5.74, 6) is 1.11. The van der Waals surface area contributed by atoms with Crippen LogP contribution in [0.3, 0.4) is 0 Å². The zero-order valence-electron chi connectivity index (χ0n) is 20.5. The Morgan fingerprint density at radius 1 is 1.17 bits per heavy atom. The second-order valence-electron chi connectivity index (χ2n) is 9.46. The fourth-order valence-electron chi connectivity index (χ4n) is 4.55. The molecule has 2 aliphatic rings. The monoisotopic (exact) mass is 489 g/mol. The highest BCUT2D eigenvalue weighted by molar-refractivity contribution is 7.09. The predicted octanol–water partition coefficient (Wildman–Crippen LogP) is 5.01. The molecule has 0 radical (unpaired) electrons. The molecule has 0 unspecified atom stereocenters. The van der Waals surface area contributed by atoms with Crippen molar-refractivity contribution in [2.24, 2.45) is 5.92 Å². The number of ether oxygens (including phenoxy) is 1. The molecule has 7 heteroatoms. The number of aromatic nitrogens is 1. The predicted molar refractivity (Wildman–Crippen MR) is 137 cm³/mol. The summed E-state index contributed by atoms with van der Waals surface area (Å²) in [4.78, 5) is 33.7. The number of nitrogens with zero attached hydrogens (tertiary/aromatic N) is 3. The van der Waals surface area contributed by atoms with Gasteiger partial charge in [-0.2, -0.15) is 0 Å². The van der Waals surface area contributed by atoms with Gasteiger partial charge in [0.25, 0.3) is 5.91 Å². The van der Waals surface area contributed by atoms with Crippen LogP contribution in [0.1, 0.15) is 63.6 Å². The number of fused-ring (bicyclic) bond motifs is 1. The van der Waals surface area contributed by atoms with Gasteiger partial charge in [0, 0.05) is 31.4 Å². The van der Waals surface area contributed by atoms with Gasteiger partial charge in [-0.05, 0) is 61.9 Å². The van der Waals surface area contributed by atoms with E-state index in [9.17, 15) is 9.59 Å². The van der Waals surface area contributed by atoms with Gasteiger partial charge in [0.1, 0.15) is 23.1 Å². The van der Waals surface area contributed by atoms with Gasteiger partial charge in [-0.1, -0.05) is 35.9 Å². The first-order chi connectivity index (χ1) is 16.9. The molecule has 0 saturated heterocycles. The van der Waals surface area contributed by atoms with Gasteiger partial charge in [0.05, 0.1) is 6.04 Å². The molecule has 35 heavy (non-hydrogen) atoms. The SMILES string of the molecule is CCN(C)C(=O)c1csc(COc2ccc3c(c2)[C@H](c2ccc(C)cc2)N(C(=O)C2CC2)CC3)n1. The number of carbonyl (C=O) groups is 2. The second-order valence-corrected chi connectivity index (χ2v) is 10.4. The molecule has 0 bridgehead atoms. The Hall–Kier alpha value is -3.19. The highest BCUT2D eigenvalue weighted by Crippen LogP contribution is 2.41. The average Bonchev–Trinajstić information content (AvgIpc) is 3.63. The lowest BCUT2D eigenvalue weighted by molar-refractivity contribution is -0.134. The zero-order chi connectivity index (χ0) is 24.5. The van der Waals surface area contributed by atoms with Crippen molar-refractivity contribution in [1.82, 2.24) is 14.8 Å². The summed E-state index contributed by atoms with van der Waals surface area (Å²) in [5.41, 5.74) is 5.18. The average molecular weight is 490 g/mol. The lowest BCUT2D eigenvalue weighted by Crippen LogP contribution is -2.41. The minimum atomic E-state index is -0.107. The number of amides is 2. The molecule has 2 amide bonds. The summed E-state index contributed by atoms with van der Waals surface area (Å²) in [5, 5.41) is 2.55. The zero-order valence-corrected chi connectivity index (χ0v) is 21.3. The lowest BCUT2D eigenvalue weighted by Gasteiger charge is -2.38. The van der Waals surface area contributed by atoms with Crippen molar-refractivity contribution in [2.45, 2.75) is 45.8 Å². The van der Waals surface area contributed by atoms with Crippen LogP contribution in [0, 0.1) is 12.8 Å². The van der Waals surface area contributed by atoms with E-state index in [4.69, 9.17) is 4.74 Å². The summed E-state index contributed by atoms with van der Waals surface area (Å²) in [6, 6.07) is 14.6. The van der Waals surface area contributed by atoms with Crippen LogP contribution >= 0.6 is 11.3 Å². The molecule has 1 aromatic heterocycles. The van der Waals surface area contributed by atoms with E-state index < -0.39 is 0 Å². The molecule has 182 valence electrons. The summed E-state index contributed by atoms with van der Waals surface area (Å²) in [6.45, 7) is 5.69. The Balaban J connectivity index is 1.39. The van der Waals surface area contributed by atoms with E-state index in [1.54, 1.807) is 17.3 Å². The van der Waals surface area contributed by atoms with Crippen LogP contribution < -0.4 is 4.74 Å². The molecule has 3 aromatic rings. The van der Waals surface area contributed by atoms with Gasteiger partial charge < -0.3 is 14.5 Å². The molecule has 0 spiro atoms. The van der Waals surface area contributed by atoms with Crippen molar-refractivity contribution < 1.29 is 14.3 Å². The van der Waals surface area contributed by atoms with E-state index in [1.807, 2.05) is 13.0 Å². The van der Waals surface area contributed by atoms with Gasteiger partial charge in [0.15, 0.2) is 0 Å². The molecule has 2 aromatic carbocycles. The third kappa shape index (κ3) is 4.96. The van der Waals surface area contributed by atoms with Crippen LogP contribution in [0.4, 0.5) is 0 Å². The Morgan fingerprint density at radius 2 is 1.94 bits per heavy atom. The maximum atomic E-state index is 13.2. The number of hydrogen-bond acceptors (Lipinski definition) is 5. The first-order valence-corrected chi connectivity index (χ1v) is 13.1. The van der Waals surface area contributed by atoms with Crippen LogP contribution in [0.25, 0.3) is 0 Å². The molecule has 1 aliphatic heterocycles. The Morgan fingerprint density at radius 3 is 2.66 bits per heavy atom. The molecular weight excluding hydrogens is 458 g/mol. The normalized spacial score (nSPS) is 17.1. The lowest BCUT2D eigenvalue weighted by atomic mass is 9.87. The summed E-state index contributed by atoms with van der Waals surface area (Å²) >= 11 is 1.43. The number of rotatable bonds is 7. The van der Waals surface area contributed by atoms with E-state index >= 15 is 0 Å². The van der Waals surface area contributed by atoms with Gasteiger partial charge in [0.2, 0.25) is 5.91 Å². The standard InChI is InChI=1S/C28H31N3O3S/c1-4-30(3)28(33)24-17-35-25(29-24)16-34-22-12-11-19-13-14-31(27(32)21-9-10-21)26(23(19)15-22)20-7-5-18(2)6-8-20/h5-8,11-12,15,17,21,26H,4,9-10,13-14,16H2,1-3H3/t26-/m0/s1. The minimum absolute atomic E-state index is 0.0786. The fourth-order valence-corrected chi connectivity index (χ4v) is 5.23. The maximum Gasteiger partial charge on any atom is 0.273 e. The van der Waals surface area contributed by atoms with Gasteiger partial charge in [-0.25, -0.2) is 4.98 Å². The number of benzene rings is 2. The van der Waals surface area contributed by atoms with Gasteiger partial charge in [-0.15, -0.1) is 11.3 Å². The Labute approximate surface area is 210 Å². The third-order valence-electron chi connectivity index (χ3n) is 6.90. The van der Waals surface area contributed by atoms with Gasteiger partial charge >= 0.3 is 0 Å². The largest absolute Gasteiger partial charge is 0.486 e. The summed E-state index contributed by atoms with van der Waals surface area (Å²) in [6.07, 6.45) is 2.84. The van der Waals surface area contributed by atoms with Crippen LogP contribution in [0.2, 0.25) is 0 Å². The first-order valence-electron chi connectivity index (χ1n) is 12.3. The Kier molecular flexibility index (Phi) is 6.60. The first kappa shape index (κ1) is 23.5. The third-order valence-corrected chi connectivity index (χ3v) is 7.72. The summed E-state index contributed by atoms with van der Waals surface area (Å²) < 4.78 is 6.12. The van der Waals surface area contributed by atoms with Crippen molar-refractivity contribution in [3.05, 3.63) is 80.8 Å². The van der Waals surface area contributed by atoms with Crippen LogP contribution in [-0.4, -0.2) is 46.7 Å². The molecular formula is C28H31N3O3S. The topological polar surface area (TPSA) is 62.7 Å². The number of aryl methyl sites for hydroxylation is 1. The van der Waals surface area contributed by atoms with Crippen molar-refractivity contribution >= 4 is 23.2 Å². The van der Waals surface area contributed by atoms with Crippen molar-refractivity contribution in [3.63, 3.8) is 0 Å². The Bertz CT molecular complexity index is 1230. The van der Waals surface area contributed by atoms with Crippen LogP contribution in [0.15, 0.2) is 47.8 Å². The van der Waals surface area contributed by atoms with Crippen molar-refractivity contribution in [3.8, 4) is 5.75 Å². The molecule has 1 fully saturated rings.